The zero-order chi connectivity index (χ0) is 36.4. The third-order valence-electron chi connectivity index (χ3n) is 12.0. The molecule has 2 aromatic heterocycles. The van der Waals surface area contributed by atoms with Crippen molar-refractivity contribution in [3.05, 3.63) is 47.7 Å². The molecule has 9 nitrogen and oxygen atoms in total. The van der Waals surface area contributed by atoms with E-state index in [9.17, 15) is 14.6 Å². The van der Waals surface area contributed by atoms with E-state index in [1.54, 1.807) is 6.92 Å². The predicted molar refractivity (Wildman–Crippen MR) is 196 cm³/mol. The Morgan fingerprint density at radius 1 is 1.06 bits per heavy atom. The number of hydrogen-bond donors (Lipinski definition) is 2. The van der Waals surface area contributed by atoms with E-state index in [0.717, 1.165) is 57.9 Å². The van der Waals surface area contributed by atoms with E-state index in [2.05, 4.69) is 29.7 Å². The van der Waals surface area contributed by atoms with Gasteiger partial charge in [-0.05, 0) is 102 Å². The number of hydrogen-bond acceptors (Lipinski definition) is 9. The monoisotopic (exact) mass is 711 g/mol. The molecule has 274 valence electrons. The Morgan fingerprint density at radius 2 is 1.83 bits per heavy atom. The fourth-order valence-electron chi connectivity index (χ4n) is 9.89. The summed E-state index contributed by atoms with van der Waals surface area (Å²) in [7, 11) is 0. The molecular weight excluding hydrogens is 664 g/mol. The number of phenolic OH excluding ortho intramolecular Hbond substituents is 1. The number of piperidine rings is 2. The van der Waals surface area contributed by atoms with E-state index in [0.29, 0.717) is 54.8 Å². The van der Waals surface area contributed by atoms with E-state index < -0.39 is 17.2 Å². The van der Waals surface area contributed by atoms with Crippen LogP contribution in [-0.2, 0) is 4.74 Å². The Hall–Kier alpha value is -4.11. The second-order valence-electron chi connectivity index (χ2n) is 16.0. The Kier molecular flexibility index (Phi) is 9.00. The summed E-state index contributed by atoms with van der Waals surface area (Å²) < 4.78 is 44.7. The fraction of sp³-hybridized carbons (Fsp3) is 0.537. The van der Waals surface area contributed by atoms with Crippen molar-refractivity contribution in [2.75, 3.05) is 31.1 Å². The Balaban J connectivity index is 1.20. The molecule has 2 aromatic carbocycles. The van der Waals surface area contributed by atoms with Crippen LogP contribution in [0.2, 0.25) is 0 Å². The van der Waals surface area contributed by atoms with Crippen LogP contribution in [0.4, 0.5) is 14.6 Å². The van der Waals surface area contributed by atoms with Gasteiger partial charge in [0.1, 0.15) is 28.6 Å². The quantitative estimate of drug-likeness (QED) is 0.202. The van der Waals surface area contributed by atoms with Crippen molar-refractivity contribution in [3.63, 3.8) is 0 Å². The van der Waals surface area contributed by atoms with Gasteiger partial charge in [-0.1, -0.05) is 18.4 Å². The highest BCUT2D eigenvalue weighted by molar-refractivity contribution is 6.03. The first kappa shape index (κ1) is 34.9. The molecule has 0 amide bonds. The second kappa shape index (κ2) is 13.4. The predicted octanol–water partition coefficient (Wildman–Crippen LogP) is 7.13. The highest BCUT2D eigenvalue weighted by Gasteiger charge is 2.50. The number of aromatic hydroxyl groups is 1. The van der Waals surface area contributed by atoms with Crippen molar-refractivity contribution < 1.29 is 28.5 Å². The van der Waals surface area contributed by atoms with Crippen LogP contribution in [0.15, 0.2) is 30.5 Å². The number of phenols is 1. The number of halogens is 2. The van der Waals surface area contributed by atoms with Crippen molar-refractivity contribution in [1.29, 1.82) is 0 Å². The summed E-state index contributed by atoms with van der Waals surface area (Å²) in [5.74, 6) is 1.29. The molecule has 0 radical (unpaired) electrons. The standard InChI is InChI=1S/C41H47F2N5O4/c1-5-29-32(42)11-10-26-19-28(49)20-30(34(26)29)36-35(43)37-31(21-44-36)38(47-15-7-12-40(4,50)22-47)46-39(45-37)51-23-41-13-6-9-33(41)48(16-8-14-41)27-17-24(2)52-25(3)18-27/h1,10-11,19-21,24-25,27,33,49-50H,6-9,12-18,22-23H2,2-4H3/t24-,25+,27?,33-,40-,41-/m1/s1. The molecule has 3 saturated heterocycles. The SMILES string of the molecule is C#Cc1c(F)ccc2cc(O)cc(-c3ncc4c(N5CCC[C@@](C)(O)C5)nc(OC[C@]56CCC[C@H]5N(C5C[C@@H](C)O[C@@H](C)C5)CCC6)nc4c3F)c12. The van der Waals surface area contributed by atoms with E-state index in [1.807, 2.05) is 4.90 Å². The number of fused-ring (bicyclic) bond motifs is 3. The molecule has 52 heavy (non-hydrogen) atoms. The second-order valence-corrected chi connectivity index (χ2v) is 16.0. The summed E-state index contributed by atoms with van der Waals surface area (Å²) in [6, 6.07) is 6.42. The number of aromatic nitrogens is 3. The lowest BCUT2D eigenvalue weighted by Gasteiger charge is -2.51. The summed E-state index contributed by atoms with van der Waals surface area (Å²) in [5.41, 5.74) is -1.07. The van der Waals surface area contributed by atoms with Crippen molar-refractivity contribution >= 4 is 27.5 Å². The molecule has 11 heteroatoms. The number of nitrogens with zero attached hydrogens (tertiary/aromatic N) is 5. The van der Waals surface area contributed by atoms with Gasteiger partial charge in [0.2, 0.25) is 0 Å². The summed E-state index contributed by atoms with van der Waals surface area (Å²) in [6.07, 6.45) is 16.5. The van der Waals surface area contributed by atoms with Crippen LogP contribution in [0.1, 0.15) is 84.1 Å². The van der Waals surface area contributed by atoms with Gasteiger partial charge in [-0.2, -0.15) is 9.97 Å². The average Bonchev–Trinajstić information content (AvgIpc) is 3.54. The van der Waals surface area contributed by atoms with Gasteiger partial charge in [0.15, 0.2) is 5.82 Å². The number of pyridine rings is 1. The van der Waals surface area contributed by atoms with Crippen LogP contribution in [0.25, 0.3) is 32.9 Å². The van der Waals surface area contributed by atoms with E-state index in [-0.39, 0.29) is 57.1 Å². The summed E-state index contributed by atoms with van der Waals surface area (Å²) in [5, 5.41) is 22.8. The van der Waals surface area contributed by atoms with E-state index in [1.165, 1.54) is 30.5 Å². The van der Waals surface area contributed by atoms with Gasteiger partial charge in [-0.25, -0.2) is 8.78 Å². The molecule has 5 heterocycles. The molecule has 4 fully saturated rings. The minimum absolute atomic E-state index is 0.0127. The van der Waals surface area contributed by atoms with Gasteiger partial charge >= 0.3 is 6.01 Å². The molecule has 1 aliphatic carbocycles. The molecule has 0 bridgehead atoms. The number of benzene rings is 2. The number of rotatable bonds is 6. The highest BCUT2D eigenvalue weighted by atomic mass is 19.1. The molecular formula is C41H47F2N5O4. The molecule has 6 atom stereocenters. The lowest BCUT2D eigenvalue weighted by Crippen LogP contribution is -2.57. The van der Waals surface area contributed by atoms with Gasteiger partial charge in [-0.15, -0.1) is 6.42 Å². The first-order valence-corrected chi connectivity index (χ1v) is 18.7. The normalized spacial score (nSPS) is 29.7. The minimum Gasteiger partial charge on any atom is -0.508 e. The molecule has 0 spiro atoms. The van der Waals surface area contributed by atoms with E-state index >= 15 is 4.39 Å². The van der Waals surface area contributed by atoms with E-state index in [4.69, 9.17) is 25.9 Å². The van der Waals surface area contributed by atoms with Gasteiger partial charge in [0.25, 0.3) is 0 Å². The number of terminal acetylenes is 1. The number of β-amino-alcohol motifs (C(OH)–C–C–N with tert-alkyl or cyclic N) is 1. The molecule has 2 N–H and O–H groups in total. The third kappa shape index (κ3) is 6.22. The Bertz CT molecular complexity index is 2060. The maximum atomic E-state index is 17.0. The van der Waals surface area contributed by atoms with Gasteiger partial charge < -0.3 is 24.6 Å². The lowest BCUT2D eigenvalue weighted by molar-refractivity contribution is -0.0967. The third-order valence-corrected chi connectivity index (χ3v) is 12.0. The van der Waals surface area contributed by atoms with Crippen LogP contribution in [0, 0.1) is 29.4 Å². The molecule has 3 aliphatic heterocycles. The first-order chi connectivity index (χ1) is 24.9. The minimum atomic E-state index is -0.959. The lowest BCUT2D eigenvalue weighted by atomic mass is 9.74. The summed E-state index contributed by atoms with van der Waals surface area (Å²) in [6.45, 7) is 8.51. The number of ether oxygens (including phenoxy) is 2. The number of anilines is 1. The van der Waals surface area contributed by atoms with Crippen molar-refractivity contribution in [2.24, 2.45) is 5.41 Å². The van der Waals surface area contributed by atoms with Gasteiger partial charge in [0.05, 0.1) is 35.4 Å². The van der Waals surface area contributed by atoms with Crippen molar-refractivity contribution in [2.45, 2.75) is 108 Å². The molecule has 1 saturated carbocycles. The number of aliphatic hydroxyl groups is 1. The first-order valence-electron chi connectivity index (χ1n) is 18.7. The summed E-state index contributed by atoms with van der Waals surface area (Å²) in [4.78, 5) is 18.8. The van der Waals surface area contributed by atoms with Crippen LogP contribution in [0.5, 0.6) is 11.8 Å². The highest BCUT2D eigenvalue weighted by Crippen LogP contribution is 2.50. The van der Waals surface area contributed by atoms with Crippen molar-refractivity contribution in [3.8, 4) is 35.4 Å². The fourth-order valence-corrected chi connectivity index (χ4v) is 9.89. The molecule has 4 aliphatic rings. The van der Waals surface area contributed by atoms with Crippen LogP contribution < -0.4 is 9.64 Å². The smallest absolute Gasteiger partial charge is 0.319 e. The Morgan fingerprint density at radius 3 is 2.60 bits per heavy atom. The van der Waals surface area contributed by atoms with Crippen molar-refractivity contribution in [1.82, 2.24) is 19.9 Å². The average molecular weight is 712 g/mol. The van der Waals surface area contributed by atoms with Crippen LogP contribution in [-0.4, -0.2) is 86.2 Å². The largest absolute Gasteiger partial charge is 0.508 e. The van der Waals surface area contributed by atoms with Gasteiger partial charge in [-0.3, -0.25) is 9.88 Å². The zero-order valence-electron chi connectivity index (χ0n) is 30.2. The topological polar surface area (TPSA) is 104 Å². The Labute approximate surface area is 303 Å². The van der Waals surface area contributed by atoms with Crippen LogP contribution >= 0.6 is 0 Å². The zero-order valence-corrected chi connectivity index (χ0v) is 30.2. The maximum Gasteiger partial charge on any atom is 0.319 e. The van der Waals surface area contributed by atoms with Crippen LogP contribution in [0.3, 0.4) is 0 Å². The molecule has 4 aromatic rings. The molecule has 1 unspecified atom stereocenters. The summed E-state index contributed by atoms with van der Waals surface area (Å²) >= 11 is 0. The molecule has 8 rings (SSSR count). The van der Waals surface area contributed by atoms with Gasteiger partial charge in [0, 0.05) is 47.7 Å². The number of likely N-dealkylation sites (tertiary alicyclic amines) is 1. The maximum absolute atomic E-state index is 17.0.